The van der Waals surface area contributed by atoms with Gasteiger partial charge in [-0.15, -0.1) is 0 Å². The number of aliphatic hydroxyl groups is 1. The second-order valence-corrected chi connectivity index (χ2v) is 4.37. The summed E-state index contributed by atoms with van der Waals surface area (Å²) in [6, 6.07) is 4.95. The first-order valence-corrected chi connectivity index (χ1v) is 5.86. The minimum absolute atomic E-state index is 0.0977. The van der Waals surface area contributed by atoms with Gasteiger partial charge in [-0.05, 0) is 23.3 Å². The Morgan fingerprint density at radius 2 is 1.89 bits per heavy atom. The van der Waals surface area contributed by atoms with Gasteiger partial charge in [0.25, 0.3) is 0 Å². The Hall–Kier alpha value is -2.01. The van der Waals surface area contributed by atoms with E-state index in [0.717, 1.165) is 6.07 Å². The van der Waals surface area contributed by atoms with Gasteiger partial charge in [0, 0.05) is 37.0 Å². The molecule has 1 heterocycles. The van der Waals surface area contributed by atoms with Crippen LogP contribution >= 0.6 is 0 Å². The summed E-state index contributed by atoms with van der Waals surface area (Å²) < 4.78 is 26.2. The van der Waals surface area contributed by atoms with Crippen molar-refractivity contribution in [1.29, 1.82) is 0 Å². The van der Waals surface area contributed by atoms with E-state index >= 15 is 0 Å². The lowest BCUT2D eigenvalue weighted by atomic mass is 10.0. The number of aromatic nitrogens is 1. The summed E-state index contributed by atoms with van der Waals surface area (Å²) in [5.41, 5.74) is 7.25. The molecule has 1 atom stereocenters. The van der Waals surface area contributed by atoms with Crippen molar-refractivity contribution in [1.82, 2.24) is 4.98 Å². The van der Waals surface area contributed by atoms with Crippen molar-refractivity contribution in [2.75, 3.05) is 5.73 Å². The van der Waals surface area contributed by atoms with Crippen molar-refractivity contribution in [2.24, 2.45) is 0 Å². The molecular formula is C14H14F2N2O. The van der Waals surface area contributed by atoms with Gasteiger partial charge in [-0.3, -0.25) is 4.98 Å². The van der Waals surface area contributed by atoms with Gasteiger partial charge >= 0.3 is 0 Å². The quantitative estimate of drug-likeness (QED) is 0.889. The molecule has 0 amide bonds. The molecule has 100 valence electrons. The van der Waals surface area contributed by atoms with E-state index in [2.05, 4.69) is 4.98 Å². The van der Waals surface area contributed by atoms with Crippen LogP contribution in [0.25, 0.3) is 0 Å². The van der Waals surface area contributed by atoms with E-state index in [4.69, 9.17) is 5.73 Å². The van der Waals surface area contributed by atoms with Crippen LogP contribution in [-0.4, -0.2) is 16.2 Å². The van der Waals surface area contributed by atoms with Gasteiger partial charge in [-0.25, -0.2) is 8.78 Å². The molecule has 0 spiro atoms. The van der Waals surface area contributed by atoms with Crippen LogP contribution in [0.15, 0.2) is 36.7 Å². The first-order valence-electron chi connectivity index (χ1n) is 5.86. The Morgan fingerprint density at radius 1 is 1.16 bits per heavy atom. The van der Waals surface area contributed by atoms with Crippen molar-refractivity contribution < 1.29 is 13.9 Å². The molecule has 0 aliphatic carbocycles. The SMILES string of the molecule is Nc1ccncc1CC(O)Cc1ccc(F)cc1F. The van der Waals surface area contributed by atoms with Crippen LogP contribution in [0.2, 0.25) is 0 Å². The topological polar surface area (TPSA) is 59.1 Å². The number of nitrogen functional groups attached to an aromatic ring is 1. The molecule has 1 aromatic carbocycles. The van der Waals surface area contributed by atoms with Crippen LogP contribution in [0.1, 0.15) is 11.1 Å². The third kappa shape index (κ3) is 3.48. The molecule has 1 aromatic heterocycles. The summed E-state index contributed by atoms with van der Waals surface area (Å²) >= 11 is 0. The average molecular weight is 264 g/mol. The van der Waals surface area contributed by atoms with Gasteiger partial charge in [-0.2, -0.15) is 0 Å². The van der Waals surface area contributed by atoms with Crippen molar-refractivity contribution in [3.8, 4) is 0 Å². The smallest absolute Gasteiger partial charge is 0.129 e. The van der Waals surface area contributed by atoms with E-state index in [1.54, 1.807) is 18.5 Å². The zero-order valence-electron chi connectivity index (χ0n) is 10.2. The highest BCUT2D eigenvalue weighted by atomic mass is 19.1. The van der Waals surface area contributed by atoms with Gasteiger partial charge in [0.15, 0.2) is 0 Å². The summed E-state index contributed by atoms with van der Waals surface area (Å²) in [6.07, 6.45) is 2.70. The zero-order valence-corrected chi connectivity index (χ0v) is 10.2. The van der Waals surface area contributed by atoms with E-state index in [-0.39, 0.29) is 18.4 Å². The first-order chi connectivity index (χ1) is 9.06. The largest absolute Gasteiger partial charge is 0.398 e. The summed E-state index contributed by atoms with van der Waals surface area (Å²) in [5.74, 6) is -1.29. The molecule has 0 saturated carbocycles. The molecule has 1 unspecified atom stereocenters. The number of anilines is 1. The highest BCUT2D eigenvalue weighted by Gasteiger charge is 2.12. The van der Waals surface area contributed by atoms with E-state index in [1.807, 2.05) is 0 Å². The molecule has 2 rings (SSSR count). The van der Waals surface area contributed by atoms with Crippen LogP contribution in [0, 0.1) is 11.6 Å². The van der Waals surface area contributed by atoms with E-state index in [0.29, 0.717) is 11.3 Å². The lowest BCUT2D eigenvalue weighted by Crippen LogP contribution is -2.16. The van der Waals surface area contributed by atoms with Crippen molar-refractivity contribution >= 4 is 5.69 Å². The lowest BCUT2D eigenvalue weighted by molar-refractivity contribution is 0.174. The minimum atomic E-state index is -0.800. The molecule has 0 aliphatic rings. The molecule has 0 aliphatic heterocycles. The summed E-state index contributed by atoms with van der Waals surface area (Å²) in [5, 5.41) is 9.93. The summed E-state index contributed by atoms with van der Waals surface area (Å²) in [7, 11) is 0. The number of nitrogens with zero attached hydrogens (tertiary/aromatic N) is 1. The number of hydrogen-bond acceptors (Lipinski definition) is 3. The molecule has 0 bridgehead atoms. The fourth-order valence-electron chi connectivity index (χ4n) is 1.88. The number of halogens is 2. The molecule has 3 N–H and O–H groups in total. The third-order valence-electron chi connectivity index (χ3n) is 2.87. The molecule has 0 saturated heterocycles. The Balaban J connectivity index is 2.05. The van der Waals surface area contributed by atoms with Crippen LogP contribution in [0.4, 0.5) is 14.5 Å². The second kappa shape index (κ2) is 5.75. The maximum Gasteiger partial charge on any atom is 0.129 e. The molecular weight excluding hydrogens is 250 g/mol. The zero-order chi connectivity index (χ0) is 13.8. The maximum absolute atomic E-state index is 13.4. The van der Waals surface area contributed by atoms with Crippen molar-refractivity contribution in [3.05, 3.63) is 59.4 Å². The van der Waals surface area contributed by atoms with E-state index < -0.39 is 17.7 Å². The Labute approximate surface area is 109 Å². The monoisotopic (exact) mass is 264 g/mol. The van der Waals surface area contributed by atoms with Crippen molar-refractivity contribution in [2.45, 2.75) is 18.9 Å². The van der Waals surface area contributed by atoms with E-state index in [9.17, 15) is 13.9 Å². The number of hydrogen-bond donors (Lipinski definition) is 2. The number of benzene rings is 1. The van der Waals surface area contributed by atoms with Gasteiger partial charge < -0.3 is 10.8 Å². The standard InChI is InChI=1S/C14H14F2N2O/c15-11-2-1-9(13(16)7-11)5-12(19)6-10-8-18-4-3-14(10)17/h1-4,7-8,12,19H,5-6H2,(H2,17,18). The van der Waals surface area contributed by atoms with E-state index in [1.165, 1.54) is 12.1 Å². The third-order valence-corrected chi connectivity index (χ3v) is 2.87. The predicted octanol–water partition coefficient (Wildman–Crippen LogP) is 2.09. The highest BCUT2D eigenvalue weighted by molar-refractivity contribution is 5.44. The first kappa shape index (κ1) is 13.4. The molecule has 3 nitrogen and oxygen atoms in total. The average Bonchev–Trinajstić information content (AvgIpc) is 2.36. The molecule has 5 heteroatoms. The summed E-state index contributed by atoms with van der Waals surface area (Å²) in [6.45, 7) is 0. The Morgan fingerprint density at radius 3 is 2.58 bits per heavy atom. The van der Waals surface area contributed by atoms with Gasteiger partial charge in [0.2, 0.25) is 0 Å². The van der Waals surface area contributed by atoms with Gasteiger partial charge in [-0.1, -0.05) is 6.07 Å². The fraction of sp³-hybridized carbons (Fsp3) is 0.214. The van der Waals surface area contributed by atoms with Crippen LogP contribution in [-0.2, 0) is 12.8 Å². The fourth-order valence-corrected chi connectivity index (χ4v) is 1.88. The number of pyridine rings is 1. The molecule has 0 radical (unpaired) electrons. The Bertz CT molecular complexity index is 575. The number of nitrogens with two attached hydrogens (primary N) is 1. The van der Waals surface area contributed by atoms with Gasteiger partial charge in [0.1, 0.15) is 11.6 Å². The lowest BCUT2D eigenvalue weighted by Gasteiger charge is -2.12. The number of rotatable bonds is 4. The summed E-state index contributed by atoms with van der Waals surface area (Å²) in [4.78, 5) is 3.92. The van der Waals surface area contributed by atoms with Crippen LogP contribution in [0.3, 0.4) is 0 Å². The normalized spacial score (nSPS) is 12.4. The number of aliphatic hydroxyl groups excluding tert-OH is 1. The van der Waals surface area contributed by atoms with Crippen LogP contribution < -0.4 is 5.73 Å². The van der Waals surface area contributed by atoms with Crippen LogP contribution in [0.5, 0.6) is 0 Å². The highest BCUT2D eigenvalue weighted by Crippen LogP contribution is 2.16. The Kier molecular flexibility index (Phi) is 4.06. The molecule has 0 fully saturated rings. The molecule has 19 heavy (non-hydrogen) atoms. The van der Waals surface area contributed by atoms with Gasteiger partial charge in [0.05, 0.1) is 6.10 Å². The minimum Gasteiger partial charge on any atom is -0.398 e. The predicted molar refractivity (Wildman–Crippen MR) is 68.4 cm³/mol. The second-order valence-electron chi connectivity index (χ2n) is 4.37. The molecule has 2 aromatic rings. The van der Waals surface area contributed by atoms with Crippen molar-refractivity contribution in [3.63, 3.8) is 0 Å². The maximum atomic E-state index is 13.4.